The number of hydrogen-bond acceptors (Lipinski definition) is 7. The molecule has 0 unspecified atom stereocenters. The van der Waals surface area contributed by atoms with E-state index in [1.807, 2.05) is 0 Å². The van der Waals surface area contributed by atoms with E-state index in [0.717, 1.165) is 17.3 Å². The average Bonchev–Trinajstić information content (AvgIpc) is 3.19. The van der Waals surface area contributed by atoms with Gasteiger partial charge >= 0.3 is 5.97 Å². The summed E-state index contributed by atoms with van der Waals surface area (Å²) in [7, 11) is 0. The van der Waals surface area contributed by atoms with E-state index in [1.54, 1.807) is 24.7 Å². The highest BCUT2D eigenvalue weighted by Gasteiger charge is 2.23. The standard InChI is InChI=1S/C19H18BrFN6O3/c20-15-2-1-13(21)7-17(15)30-14-3-5-26(6-4-14)19-22-8-12(9-23-19)16-10-27(25-24-16)11-18(28)29/h1-2,7-10,14H,3-6,11H2,(H,28,29). The van der Waals surface area contributed by atoms with Gasteiger partial charge in [-0.25, -0.2) is 19.0 Å². The third-order valence-electron chi connectivity index (χ3n) is 4.68. The van der Waals surface area contributed by atoms with Gasteiger partial charge in [-0.1, -0.05) is 5.21 Å². The van der Waals surface area contributed by atoms with Gasteiger partial charge in [-0.15, -0.1) is 5.10 Å². The van der Waals surface area contributed by atoms with Gasteiger partial charge in [0.2, 0.25) is 5.95 Å². The Balaban J connectivity index is 1.35. The minimum absolute atomic E-state index is 0.0112. The number of aliphatic carboxylic acids is 1. The van der Waals surface area contributed by atoms with Crippen LogP contribution >= 0.6 is 15.9 Å². The van der Waals surface area contributed by atoms with Crippen LogP contribution in [-0.2, 0) is 11.3 Å². The van der Waals surface area contributed by atoms with Gasteiger partial charge in [-0.05, 0) is 28.1 Å². The van der Waals surface area contributed by atoms with Crippen molar-refractivity contribution in [2.45, 2.75) is 25.5 Å². The second-order valence-electron chi connectivity index (χ2n) is 6.85. The van der Waals surface area contributed by atoms with Crippen LogP contribution in [0.2, 0.25) is 0 Å². The highest BCUT2D eigenvalue weighted by molar-refractivity contribution is 9.10. The quantitative estimate of drug-likeness (QED) is 0.578. The molecule has 1 aromatic carbocycles. The van der Waals surface area contributed by atoms with E-state index >= 15 is 0 Å². The number of anilines is 1. The zero-order chi connectivity index (χ0) is 21.1. The second-order valence-corrected chi connectivity index (χ2v) is 7.70. The molecule has 0 saturated carbocycles. The SMILES string of the molecule is O=C(O)Cn1cc(-c2cnc(N3CCC(Oc4cc(F)ccc4Br)CC3)nc2)nn1. The lowest BCUT2D eigenvalue weighted by Crippen LogP contribution is -2.39. The van der Waals surface area contributed by atoms with Crippen molar-refractivity contribution in [1.82, 2.24) is 25.0 Å². The Labute approximate surface area is 179 Å². The molecule has 0 radical (unpaired) electrons. The Bertz CT molecular complexity index is 1040. The zero-order valence-corrected chi connectivity index (χ0v) is 17.4. The first-order valence-electron chi connectivity index (χ1n) is 9.29. The molecular weight excluding hydrogens is 459 g/mol. The highest BCUT2D eigenvalue weighted by Crippen LogP contribution is 2.29. The summed E-state index contributed by atoms with van der Waals surface area (Å²) in [6.07, 6.45) is 6.34. The van der Waals surface area contributed by atoms with Crippen LogP contribution in [0.15, 0.2) is 41.3 Å². The Kier molecular flexibility index (Phi) is 5.88. The smallest absolute Gasteiger partial charge is 0.325 e. The van der Waals surface area contributed by atoms with E-state index in [1.165, 1.54) is 16.8 Å². The Morgan fingerprint density at radius 1 is 1.27 bits per heavy atom. The van der Waals surface area contributed by atoms with Crippen LogP contribution in [0.3, 0.4) is 0 Å². The molecular formula is C19H18BrFN6O3. The third kappa shape index (κ3) is 4.73. The molecule has 1 N–H and O–H groups in total. The first-order chi connectivity index (χ1) is 14.5. The van der Waals surface area contributed by atoms with E-state index in [0.29, 0.717) is 36.0 Å². The van der Waals surface area contributed by atoms with Crippen LogP contribution < -0.4 is 9.64 Å². The predicted octanol–water partition coefficient (Wildman–Crippen LogP) is 2.77. The molecule has 1 saturated heterocycles. The molecule has 2 aromatic heterocycles. The van der Waals surface area contributed by atoms with E-state index in [2.05, 4.69) is 41.1 Å². The average molecular weight is 477 g/mol. The number of aromatic nitrogens is 5. The summed E-state index contributed by atoms with van der Waals surface area (Å²) in [5.74, 6) is -0.218. The number of piperidine rings is 1. The summed E-state index contributed by atoms with van der Waals surface area (Å²) in [5, 5.41) is 16.5. The van der Waals surface area contributed by atoms with Crippen molar-refractivity contribution < 1.29 is 19.0 Å². The summed E-state index contributed by atoms with van der Waals surface area (Å²) in [5.41, 5.74) is 1.17. The number of benzene rings is 1. The van der Waals surface area contributed by atoms with Crippen molar-refractivity contribution in [3.05, 3.63) is 47.1 Å². The van der Waals surface area contributed by atoms with Crippen LogP contribution in [0.1, 0.15) is 12.8 Å². The number of carboxylic acid groups (broad SMARTS) is 1. The number of halogens is 2. The summed E-state index contributed by atoms with van der Waals surface area (Å²) < 4.78 is 21.4. The van der Waals surface area contributed by atoms with Gasteiger partial charge in [0.15, 0.2) is 0 Å². The van der Waals surface area contributed by atoms with Crippen molar-refractivity contribution in [2.24, 2.45) is 0 Å². The number of hydrogen-bond donors (Lipinski definition) is 1. The van der Waals surface area contributed by atoms with E-state index in [4.69, 9.17) is 9.84 Å². The van der Waals surface area contributed by atoms with Crippen molar-refractivity contribution in [1.29, 1.82) is 0 Å². The molecule has 11 heteroatoms. The van der Waals surface area contributed by atoms with Crippen LogP contribution in [0.5, 0.6) is 5.75 Å². The van der Waals surface area contributed by atoms with Gasteiger partial charge in [0.25, 0.3) is 0 Å². The van der Waals surface area contributed by atoms with Gasteiger partial charge in [0, 0.05) is 50.0 Å². The molecule has 0 bridgehead atoms. The monoisotopic (exact) mass is 476 g/mol. The lowest BCUT2D eigenvalue weighted by atomic mass is 10.1. The van der Waals surface area contributed by atoms with Gasteiger partial charge in [0.05, 0.1) is 10.7 Å². The topological polar surface area (TPSA) is 106 Å². The lowest BCUT2D eigenvalue weighted by molar-refractivity contribution is -0.137. The fourth-order valence-corrected chi connectivity index (χ4v) is 3.52. The molecule has 0 atom stereocenters. The Morgan fingerprint density at radius 2 is 2.00 bits per heavy atom. The molecule has 30 heavy (non-hydrogen) atoms. The predicted molar refractivity (Wildman–Crippen MR) is 109 cm³/mol. The molecule has 1 aliphatic rings. The number of carboxylic acids is 1. The van der Waals surface area contributed by atoms with Crippen molar-refractivity contribution in [2.75, 3.05) is 18.0 Å². The van der Waals surface area contributed by atoms with Crippen molar-refractivity contribution in [3.8, 4) is 17.0 Å². The molecule has 156 valence electrons. The molecule has 9 nitrogen and oxygen atoms in total. The number of ether oxygens (including phenoxy) is 1. The van der Waals surface area contributed by atoms with E-state index in [9.17, 15) is 9.18 Å². The van der Waals surface area contributed by atoms with Crippen LogP contribution in [0.4, 0.5) is 10.3 Å². The van der Waals surface area contributed by atoms with Crippen LogP contribution in [-0.4, -0.2) is 55.2 Å². The largest absolute Gasteiger partial charge is 0.489 e. The fourth-order valence-electron chi connectivity index (χ4n) is 3.18. The van der Waals surface area contributed by atoms with E-state index in [-0.39, 0.29) is 18.5 Å². The second kappa shape index (κ2) is 8.74. The molecule has 0 spiro atoms. The lowest BCUT2D eigenvalue weighted by Gasteiger charge is -2.32. The third-order valence-corrected chi connectivity index (χ3v) is 5.34. The fraction of sp³-hybridized carbons (Fsp3) is 0.316. The van der Waals surface area contributed by atoms with Gasteiger partial charge < -0.3 is 14.7 Å². The van der Waals surface area contributed by atoms with Gasteiger partial charge in [-0.3, -0.25) is 4.79 Å². The maximum atomic E-state index is 13.4. The molecule has 4 rings (SSSR count). The number of rotatable bonds is 6. The maximum absolute atomic E-state index is 13.4. The highest BCUT2D eigenvalue weighted by atomic mass is 79.9. The Hall–Kier alpha value is -3.08. The normalized spacial score (nSPS) is 14.7. The Morgan fingerprint density at radius 3 is 2.70 bits per heavy atom. The van der Waals surface area contributed by atoms with Crippen molar-refractivity contribution in [3.63, 3.8) is 0 Å². The molecule has 3 aromatic rings. The first kappa shape index (κ1) is 20.2. The number of nitrogens with zero attached hydrogens (tertiary/aromatic N) is 6. The minimum Gasteiger partial charge on any atom is -0.489 e. The van der Waals surface area contributed by atoms with E-state index < -0.39 is 5.97 Å². The summed E-state index contributed by atoms with van der Waals surface area (Å²) in [6, 6.07) is 4.40. The molecule has 0 amide bonds. The first-order valence-corrected chi connectivity index (χ1v) is 10.1. The molecule has 1 aliphatic heterocycles. The maximum Gasteiger partial charge on any atom is 0.325 e. The van der Waals surface area contributed by atoms with Crippen LogP contribution in [0.25, 0.3) is 11.3 Å². The number of carbonyl (C=O) groups is 1. The summed E-state index contributed by atoms with van der Waals surface area (Å²) in [6.45, 7) is 1.17. The summed E-state index contributed by atoms with van der Waals surface area (Å²) in [4.78, 5) is 21.6. The molecule has 0 aliphatic carbocycles. The van der Waals surface area contributed by atoms with Gasteiger partial charge in [0.1, 0.15) is 29.9 Å². The van der Waals surface area contributed by atoms with Crippen molar-refractivity contribution >= 4 is 27.8 Å². The molecule has 1 fully saturated rings. The van der Waals surface area contributed by atoms with Crippen LogP contribution in [0, 0.1) is 5.82 Å². The molecule has 3 heterocycles. The minimum atomic E-state index is -0.991. The van der Waals surface area contributed by atoms with Gasteiger partial charge in [-0.2, -0.15) is 0 Å². The zero-order valence-electron chi connectivity index (χ0n) is 15.8. The summed E-state index contributed by atoms with van der Waals surface area (Å²) >= 11 is 3.38.